The molecule has 0 aliphatic carbocycles. The van der Waals surface area contributed by atoms with Crippen molar-refractivity contribution in [3.8, 4) is 40.0 Å². The van der Waals surface area contributed by atoms with Crippen LogP contribution in [0.4, 0.5) is 0 Å². The molecule has 2 aromatic carbocycles. The van der Waals surface area contributed by atoms with Crippen LogP contribution in [0.1, 0.15) is 5.69 Å². The molecule has 6 nitrogen and oxygen atoms in total. The van der Waals surface area contributed by atoms with E-state index in [2.05, 4.69) is 9.97 Å². The molecule has 6 heteroatoms. The molecule has 0 saturated heterocycles. The number of pyridine rings is 2. The number of aromatic hydroxyl groups is 1. The highest BCUT2D eigenvalue weighted by atomic mass is 16.5. The fourth-order valence-corrected chi connectivity index (χ4v) is 3.14. The van der Waals surface area contributed by atoms with E-state index in [9.17, 15) is 5.11 Å². The van der Waals surface area contributed by atoms with Crippen molar-refractivity contribution in [2.24, 2.45) is 0 Å². The highest BCUT2D eigenvalue weighted by molar-refractivity contribution is 5.88. The highest BCUT2D eigenvalue weighted by Crippen LogP contribution is 2.39. The lowest BCUT2D eigenvalue weighted by atomic mass is 10.1. The molecule has 0 saturated carbocycles. The molecule has 4 aromatic rings. The van der Waals surface area contributed by atoms with Gasteiger partial charge in [0.1, 0.15) is 17.2 Å². The molecule has 0 bridgehead atoms. The molecule has 0 aliphatic rings. The third-order valence-corrected chi connectivity index (χ3v) is 4.54. The van der Waals surface area contributed by atoms with E-state index < -0.39 is 0 Å². The largest absolute Gasteiger partial charge is 0.508 e. The summed E-state index contributed by atoms with van der Waals surface area (Å²) in [6.45, 7) is 1.91. The Hall–Kier alpha value is -3.80. The van der Waals surface area contributed by atoms with Crippen LogP contribution in [0.15, 0.2) is 60.8 Å². The summed E-state index contributed by atoms with van der Waals surface area (Å²) in [6.07, 6.45) is 1.68. The Balaban J connectivity index is 1.84. The van der Waals surface area contributed by atoms with Gasteiger partial charge in [0.25, 0.3) is 0 Å². The molecular formula is C23H20N2O4. The monoisotopic (exact) mass is 388 g/mol. The molecule has 0 aliphatic heterocycles. The Bertz CT molecular complexity index is 1190. The van der Waals surface area contributed by atoms with Crippen LogP contribution in [0, 0.1) is 6.92 Å². The summed E-state index contributed by atoms with van der Waals surface area (Å²) < 4.78 is 17.1. The second-order valence-corrected chi connectivity index (χ2v) is 6.49. The maximum Gasteiger partial charge on any atom is 0.162 e. The van der Waals surface area contributed by atoms with Crippen LogP contribution in [0.5, 0.6) is 28.7 Å². The average molecular weight is 388 g/mol. The quantitative estimate of drug-likeness (QED) is 0.511. The van der Waals surface area contributed by atoms with Gasteiger partial charge < -0.3 is 19.3 Å². The first-order chi connectivity index (χ1) is 14.1. The normalized spacial score (nSPS) is 10.7. The fourth-order valence-electron chi connectivity index (χ4n) is 3.14. The number of hydrogen-bond donors (Lipinski definition) is 1. The van der Waals surface area contributed by atoms with Gasteiger partial charge in [-0.25, -0.2) is 4.98 Å². The molecule has 2 aromatic heterocycles. The summed E-state index contributed by atoms with van der Waals surface area (Å²) in [5, 5.41) is 10.7. The third kappa shape index (κ3) is 3.65. The molecule has 0 amide bonds. The number of methoxy groups -OCH3 is 2. The van der Waals surface area contributed by atoms with Crippen LogP contribution in [-0.4, -0.2) is 29.3 Å². The summed E-state index contributed by atoms with van der Waals surface area (Å²) in [6, 6.07) is 16.1. The number of nitrogens with zero attached hydrogens (tertiary/aromatic N) is 2. The standard InChI is InChI=1S/C23H20N2O4/c1-14-7-8-20(23(25-14)15-5-4-6-16(26)11-15)29-19-9-10-24-18-13-22(28-3)21(27-2)12-17(18)19/h4-13,26H,1-3H3. The van der Waals surface area contributed by atoms with Crippen LogP contribution >= 0.6 is 0 Å². The van der Waals surface area contributed by atoms with E-state index in [4.69, 9.17) is 14.2 Å². The van der Waals surface area contributed by atoms with Gasteiger partial charge in [-0.1, -0.05) is 12.1 Å². The van der Waals surface area contributed by atoms with Crippen LogP contribution in [0.2, 0.25) is 0 Å². The Labute approximate surface area is 168 Å². The smallest absolute Gasteiger partial charge is 0.162 e. The van der Waals surface area contributed by atoms with Crippen molar-refractivity contribution >= 4 is 10.9 Å². The van der Waals surface area contributed by atoms with E-state index in [-0.39, 0.29) is 5.75 Å². The molecule has 29 heavy (non-hydrogen) atoms. The van der Waals surface area contributed by atoms with Gasteiger partial charge in [0, 0.05) is 28.9 Å². The molecule has 0 spiro atoms. The predicted molar refractivity (Wildman–Crippen MR) is 111 cm³/mol. The summed E-state index contributed by atoms with van der Waals surface area (Å²) in [7, 11) is 3.17. The SMILES string of the molecule is COc1cc2nccc(Oc3ccc(C)nc3-c3cccc(O)c3)c2cc1OC. The number of ether oxygens (including phenoxy) is 3. The number of aromatic nitrogens is 2. The van der Waals surface area contributed by atoms with Gasteiger partial charge in [0.15, 0.2) is 17.2 Å². The van der Waals surface area contributed by atoms with Crippen molar-refractivity contribution in [1.29, 1.82) is 0 Å². The van der Waals surface area contributed by atoms with Crippen LogP contribution in [0.3, 0.4) is 0 Å². The first-order valence-corrected chi connectivity index (χ1v) is 9.04. The minimum absolute atomic E-state index is 0.169. The van der Waals surface area contributed by atoms with Crippen molar-refractivity contribution in [3.05, 3.63) is 66.5 Å². The lowest BCUT2D eigenvalue weighted by Crippen LogP contribution is -1.96. The molecule has 0 atom stereocenters. The molecule has 2 heterocycles. The van der Waals surface area contributed by atoms with Crippen molar-refractivity contribution < 1.29 is 19.3 Å². The summed E-state index contributed by atoms with van der Waals surface area (Å²) in [4.78, 5) is 9.03. The van der Waals surface area contributed by atoms with Crippen LogP contribution < -0.4 is 14.2 Å². The number of rotatable bonds is 5. The molecule has 0 radical (unpaired) electrons. The predicted octanol–water partition coefficient (Wildman–Crippen LogP) is 5.12. The Morgan fingerprint density at radius 3 is 2.38 bits per heavy atom. The molecule has 146 valence electrons. The zero-order chi connectivity index (χ0) is 20.4. The highest BCUT2D eigenvalue weighted by Gasteiger charge is 2.15. The fraction of sp³-hybridized carbons (Fsp3) is 0.130. The first kappa shape index (κ1) is 18.6. The van der Waals surface area contributed by atoms with Gasteiger partial charge >= 0.3 is 0 Å². The summed E-state index contributed by atoms with van der Waals surface area (Å²) >= 11 is 0. The molecule has 1 N–H and O–H groups in total. The van der Waals surface area contributed by atoms with Gasteiger partial charge in [-0.3, -0.25) is 4.98 Å². The van der Waals surface area contributed by atoms with Crippen molar-refractivity contribution in [2.75, 3.05) is 14.2 Å². The summed E-state index contributed by atoms with van der Waals surface area (Å²) in [5.41, 5.74) is 2.98. The Morgan fingerprint density at radius 2 is 1.62 bits per heavy atom. The minimum Gasteiger partial charge on any atom is -0.508 e. The van der Waals surface area contributed by atoms with E-state index in [1.165, 1.54) is 0 Å². The molecular weight excluding hydrogens is 368 g/mol. The van der Waals surface area contributed by atoms with Crippen molar-refractivity contribution in [3.63, 3.8) is 0 Å². The van der Waals surface area contributed by atoms with E-state index in [0.717, 1.165) is 22.2 Å². The van der Waals surface area contributed by atoms with Crippen molar-refractivity contribution in [2.45, 2.75) is 6.92 Å². The Morgan fingerprint density at radius 1 is 0.828 bits per heavy atom. The zero-order valence-corrected chi connectivity index (χ0v) is 16.3. The lowest BCUT2D eigenvalue weighted by Gasteiger charge is -2.14. The second-order valence-electron chi connectivity index (χ2n) is 6.49. The molecule has 4 rings (SSSR count). The van der Waals surface area contributed by atoms with Gasteiger partial charge in [-0.05, 0) is 43.3 Å². The number of benzene rings is 2. The second kappa shape index (κ2) is 7.67. The number of phenolic OH excluding ortho intramolecular Hbond substituents is 1. The van der Waals surface area contributed by atoms with E-state index >= 15 is 0 Å². The molecule has 0 fully saturated rings. The number of phenols is 1. The van der Waals surface area contributed by atoms with Gasteiger partial charge in [0.2, 0.25) is 0 Å². The maximum absolute atomic E-state index is 9.87. The first-order valence-electron chi connectivity index (χ1n) is 9.04. The number of hydrogen-bond acceptors (Lipinski definition) is 6. The van der Waals surface area contributed by atoms with E-state index in [1.54, 1.807) is 44.7 Å². The van der Waals surface area contributed by atoms with Crippen LogP contribution in [-0.2, 0) is 0 Å². The van der Waals surface area contributed by atoms with Gasteiger partial charge in [-0.2, -0.15) is 0 Å². The number of fused-ring (bicyclic) bond motifs is 1. The third-order valence-electron chi connectivity index (χ3n) is 4.54. The number of aryl methyl sites for hydroxylation is 1. The minimum atomic E-state index is 0.169. The molecule has 0 unspecified atom stereocenters. The van der Waals surface area contributed by atoms with Gasteiger partial charge in [-0.15, -0.1) is 0 Å². The average Bonchev–Trinajstić information content (AvgIpc) is 2.74. The maximum atomic E-state index is 9.87. The zero-order valence-electron chi connectivity index (χ0n) is 16.3. The lowest BCUT2D eigenvalue weighted by molar-refractivity contribution is 0.355. The summed E-state index contributed by atoms with van der Waals surface area (Å²) in [5.74, 6) is 2.55. The van der Waals surface area contributed by atoms with E-state index in [1.807, 2.05) is 37.3 Å². The Kier molecular flexibility index (Phi) is 4.91. The van der Waals surface area contributed by atoms with E-state index in [0.29, 0.717) is 28.7 Å². The van der Waals surface area contributed by atoms with Gasteiger partial charge in [0.05, 0.1) is 19.7 Å². The topological polar surface area (TPSA) is 73.7 Å². The van der Waals surface area contributed by atoms with Crippen LogP contribution in [0.25, 0.3) is 22.2 Å². The van der Waals surface area contributed by atoms with Crippen molar-refractivity contribution in [1.82, 2.24) is 9.97 Å².